The highest BCUT2D eigenvalue weighted by molar-refractivity contribution is 5.29. The van der Waals surface area contributed by atoms with E-state index in [9.17, 15) is 0 Å². The summed E-state index contributed by atoms with van der Waals surface area (Å²) in [6, 6.07) is 9.07. The molecule has 2 saturated carbocycles. The van der Waals surface area contributed by atoms with Crippen LogP contribution in [0.5, 0.6) is 5.75 Å². The molecule has 0 bridgehead atoms. The molecule has 3 rings (SSSR count). The average molecular weight is 399 g/mol. The first kappa shape index (κ1) is 22.7. The highest BCUT2D eigenvalue weighted by Crippen LogP contribution is 2.37. The van der Waals surface area contributed by atoms with Gasteiger partial charge in [-0.3, -0.25) is 0 Å². The van der Waals surface area contributed by atoms with E-state index in [1.165, 1.54) is 102 Å². The molecule has 1 aromatic carbocycles. The van der Waals surface area contributed by atoms with E-state index in [0.717, 1.165) is 36.0 Å². The lowest BCUT2D eigenvalue weighted by molar-refractivity contribution is 0.190. The van der Waals surface area contributed by atoms with Crippen molar-refractivity contribution in [2.75, 3.05) is 6.61 Å². The van der Waals surface area contributed by atoms with E-state index in [0.29, 0.717) is 0 Å². The number of benzene rings is 1. The summed E-state index contributed by atoms with van der Waals surface area (Å²) < 4.78 is 6.10. The molecule has 0 heterocycles. The number of hydrogen-bond donors (Lipinski definition) is 0. The van der Waals surface area contributed by atoms with Crippen LogP contribution in [0.15, 0.2) is 24.3 Å². The van der Waals surface area contributed by atoms with E-state index in [1.54, 1.807) is 0 Å². The first-order valence-electron chi connectivity index (χ1n) is 13.0. The summed E-state index contributed by atoms with van der Waals surface area (Å²) in [5.74, 6) is 4.73. The lowest BCUT2D eigenvalue weighted by Gasteiger charge is -2.32. The van der Waals surface area contributed by atoms with Crippen molar-refractivity contribution in [3.63, 3.8) is 0 Å². The first-order valence-corrected chi connectivity index (χ1v) is 13.0. The molecule has 0 aliphatic heterocycles. The number of hydrogen-bond acceptors (Lipinski definition) is 1. The van der Waals surface area contributed by atoms with Crippen molar-refractivity contribution in [3.05, 3.63) is 29.8 Å². The van der Waals surface area contributed by atoms with Crippen LogP contribution in [-0.2, 0) is 0 Å². The molecule has 0 amide bonds. The van der Waals surface area contributed by atoms with Gasteiger partial charge >= 0.3 is 0 Å². The van der Waals surface area contributed by atoms with Crippen molar-refractivity contribution in [3.8, 4) is 5.75 Å². The van der Waals surface area contributed by atoms with Crippen LogP contribution in [0.4, 0.5) is 0 Å². The van der Waals surface area contributed by atoms with E-state index >= 15 is 0 Å². The van der Waals surface area contributed by atoms with Crippen LogP contribution >= 0.6 is 0 Å². The third-order valence-corrected chi connectivity index (χ3v) is 7.85. The summed E-state index contributed by atoms with van der Waals surface area (Å²) in [6.07, 6.45) is 21.1. The maximum atomic E-state index is 6.10. The maximum absolute atomic E-state index is 6.10. The van der Waals surface area contributed by atoms with Gasteiger partial charge in [0.15, 0.2) is 0 Å². The summed E-state index contributed by atoms with van der Waals surface area (Å²) >= 11 is 0. The second-order valence-electron chi connectivity index (χ2n) is 10.2. The molecule has 1 heteroatoms. The van der Waals surface area contributed by atoms with Crippen molar-refractivity contribution >= 4 is 0 Å². The Hall–Kier alpha value is -0.980. The van der Waals surface area contributed by atoms with Gasteiger partial charge in [-0.25, -0.2) is 0 Å². The normalized spacial score (nSPS) is 27.7. The summed E-state index contributed by atoms with van der Waals surface area (Å²) in [6.45, 7) is 5.60. The number of unbranched alkanes of at least 4 members (excludes halogenated alkanes) is 3. The second kappa shape index (κ2) is 12.7. The van der Waals surface area contributed by atoms with Crippen LogP contribution in [0.3, 0.4) is 0 Å². The maximum Gasteiger partial charge on any atom is 0.119 e. The minimum absolute atomic E-state index is 0.779. The molecule has 0 saturated heterocycles. The molecule has 1 nitrogen and oxygen atoms in total. The molecule has 2 unspecified atom stereocenters. The predicted molar refractivity (Wildman–Crippen MR) is 126 cm³/mol. The Balaban J connectivity index is 1.34. The van der Waals surface area contributed by atoms with Gasteiger partial charge in [0.1, 0.15) is 5.75 Å². The van der Waals surface area contributed by atoms with E-state index < -0.39 is 0 Å². The average Bonchev–Trinajstić information content (AvgIpc) is 2.76. The lowest BCUT2D eigenvalue weighted by Crippen LogP contribution is -2.20. The van der Waals surface area contributed by atoms with Gasteiger partial charge in [-0.15, -0.1) is 0 Å². The summed E-state index contributed by atoms with van der Waals surface area (Å²) in [5, 5.41) is 0. The first-order chi connectivity index (χ1) is 14.3. The molecule has 164 valence electrons. The van der Waals surface area contributed by atoms with E-state index in [1.807, 2.05) is 0 Å². The Bertz CT molecular complexity index is 540. The standard InChI is InChI=1S/C28H46O/c1-3-4-5-6-10-24-11-7-8-12-25(24)13-9-22-29-28-20-18-27(19-21-28)26-16-14-23(2)15-17-26/h18-21,23-26H,3-17,22H2,1-2H3. The fourth-order valence-electron chi connectivity index (χ4n) is 5.84. The second-order valence-corrected chi connectivity index (χ2v) is 10.2. The SMILES string of the molecule is CCCCCCC1CCCCC1CCCOc1ccc(C2CCC(C)CC2)cc1. The van der Waals surface area contributed by atoms with Crippen molar-refractivity contribution in [1.82, 2.24) is 0 Å². The van der Waals surface area contributed by atoms with Gasteiger partial charge in [0.05, 0.1) is 6.61 Å². The number of ether oxygens (including phenoxy) is 1. The Labute approximate surface area is 181 Å². The van der Waals surface area contributed by atoms with Gasteiger partial charge in [0.25, 0.3) is 0 Å². The van der Waals surface area contributed by atoms with Crippen molar-refractivity contribution in [2.45, 2.75) is 116 Å². The third-order valence-electron chi connectivity index (χ3n) is 7.85. The molecule has 0 spiro atoms. The molecule has 29 heavy (non-hydrogen) atoms. The predicted octanol–water partition coefficient (Wildman–Crippen LogP) is 8.92. The molecular weight excluding hydrogens is 352 g/mol. The van der Waals surface area contributed by atoms with Crippen LogP contribution < -0.4 is 4.74 Å². The van der Waals surface area contributed by atoms with Gasteiger partial charge in [0, 0.05) is 0 Å². The zero-order valence-corrected chi connectivity index (χ0v) is 19.3. The molecule has 2 atom stereocenters. The van der Waals surface area contributed by atoms with Gasteiger partial charge in [0.2, 0.25) is 0 Å². The zero-order chi connectivity index (χ0) is 20.3. The summed E-state index contributed by atoms with van der Waals surface area (Å²) in [5.41, 5.74) is 1.53. The van der Waals surface area contributed by atoms with Crippen molar-refractivity contribution < 1.29 is 4.74 Å². The minimum atomic E-state index is 0.779. The molecule has 2 fully saturated rings. The Morgan fingerprint density at radius 3 is 2.07 bits per heavy atom. The lowest BCUT2D eigenvalue weighted by atomic mass is 9.74. The Kier molecular flexibility index (Phi) is 9.91. The van der Waals surface area contributed by atoms with Gasteiger partial charge in [-0.2, -0.15) is 0 Å². The van der Waals surface area contributed by atoms with E-state index in [-0.39, 0.29) is 0 Å². The van der Waals surface area contributed by atoms with Gasteiger partial charge < -0.3 is 4.74 Å². The fourth-order valence-corrected chi connectivity index (χ4v) is 5.84. The molecule has 0 N–H and O–H groups in total. The molecule has 1 aromatic rings. The summed E-state index contributed by atoms with van der Waals surface area (Å²) in [7, 11) is 0. The minimum Gasteiger partial charge on any atom is -0.494 e. The highest BCUT2D eigenvalue weighted by atomic mass is 16.5. The van der Waals surface area contributed by atoms with Crippen LogP contribution in [-0.4, -0.2) is 6.61 Å². The van der Waals surface area contributed by atoms with Crippen LogP contribution in [0, 0.1) is 17.8 Å². The van der Waals surface area contributed by atoms with Gasteiger partial charge in [-0.1, -0.05) is 96.6 Å². The topological polar surface area (TPSA) is 9.23 Å². The smallest absolute Gasteiger partial charge is 0.119 e. The largest absolute Gasteiger partial charge is 0.494 e. The third kappa shape index (κ3) is 7.65. The molecular formula is C28H46O. The zero-order valence-electron chi connectivity index (χ0n) is 19.3. The Morgan fingerprint density at radius 2 is 1.41 bits per heavy atom. The highest BCUT2D eigenvalue weighted by Gasteiger charge is 2.24. The monoisotopic (exact) mass is 398 g/mol. The van der Waals surface area contributed by atoms with Crippen molar-refractivity contribution in [2.24, 2.45) is 17.8 Å². The van der Waals surface area contributed by atoms with Gasteiger partial charge in [-0.05, 0) is 67.1 Å². The van der Waals surface area contributed by atoms with Crippen LogP contribution in [0.2, 0.25) is 0 Å². The number of rotatable bonds is 11. The quantitative estimate of drug-likeness (QED) is 0.338. The fraction of sp³-hybridized carbons (Fsp3) is 0.786. The van der Waals surface area contributed by atoms with Crippen molar-refractivity contribution in [1.29, 1.82) is 0 Å². The molecule has 0 aromatic heterocycles. The Morgan fingerprint density at radius 1 is 0.759 bits per heavy atom. The molecule has 2 aliphatic rings. The molecule has 2 aliphatic carbocycles. The van der Waals surface area contributed by atoms with E-state index in [2.05, 4.69) is 38.1 Å². The van der Waals surface area contributed by atoms with E-state index in [4.69, 9.17) is 4.74 Å². The van der Waals surface area contributed by atoms with Crippen LogP contribution in [0.25, 0.3) is 0 Å². The molecule has 0 radical (unpaired) electrons. The van der Waals surface area contributed by atoms with Crippen LogP contribution in [0.1, 0.15) is 122 Å². The summed E-state index contributed by atoms with van der Waals surface area (Å²) in [4.78, 5) is 0.